The number of hydrogen-bond acceptors (Lipinski definition) is 1. The van der Waals surface area contributed by atoms with Gasteiger partial charge in [0.2, 0.25) is 0 Å². The number of piperidine rings is 1. The second-order valence-corrected chi connectivity index (χ2v) is 4.17. The molecule has 0 radical (unpaired) electrons. The van der Waals surface area contributed by atoms with Crippen LogP contribution in [0.1, 0.15) is 29.9 Å². The summed E-state index contributed by atoms with van der Waals surface area (Å²) < 4.78 is 26.9. The highest BCUT2D eigenvalue weighted by Crippen LogP contribution is 2.27. The third kappa shape index (κ3) is 2.17. The summed E-state index contributed by atoms with van der Waals surface area (Å²) in [6, 6.07) is 2.64. The second-order valence-electron chi connectivity index (χ2n) is 4.17. The van der Waals surface area contributed by atoms with E-state index in [9.17, 15) is 8.78 Å². The van der Waals surface area contributed by atoms with Gasteiger partial charge in [-0.05, 0) is 55.5 Å². The molecular formula is C12H15F2N. The van der Waals surface area contributed by atoms with Crippen molar-refractivity contribution in [3.63, 3.8) is 0 Å². The first kappa shape index (κ1) is 10.6. The van der Waals surface area contributed by atoms with Crippen LogP contribution >= 0.6 is 0 Å². The fourth-order valence-electron chi connectivity index (χ4n) is 2.09. The molecular weight excluding hydrogens is 196 g/mol. The smallest absolute Gasteiger partial charge is 0.127 e. The van der Waals surface area contributed by atoms with E-state index in [0.29, 0.717) is 11.1 Å². The Balaban J connectivity index is 2.30. The normalized spacial score (nSPS) is 21.7. The molecule has 1 unspecified atom stereocenters. The van der Waals surface area contributed by atoms with E-state index < -0.39 is 0 Å². The van der Waals surface area contributed by atoms with Crippen LogP contribution < -0.4 is 5.32 Å². The summed E-state index contributed by atoms with van der Waals surface area (Å²) >= 11 is 0. The summed E-state index contributed by atoms with van der Waals surface area (Å²) in [6.07, 6.45) is 1.96. The Morgan fingerprint density at radius 3 is 2.73 bits per heavy atom. The van der Waals surface area contributed by atoms with E-state index in [1.165, 1.54) is 12.1 Å². The molecule has 3 heteroatoms. The monoisotopic (exact) mass is 211 g/mol. The third-order valence-electron chi connectivity index (χ3n) is 3.01. The zero-order valence-electron chi connectivity index (χ0n) is 8.82. The lowest BCUT2D eigenvalue weighted by atomic mass is 9.90. The van der Waals surface area contributed by atoms with Crippen molar-refractivity contribution >= 4 is 0 Å². The molecule has 1 saturated heterocycles. The minimum atomic E-state index is -0.308. The minimum absolute atomic E-state index is 0.119. The molecule has 0 bridgehead atoms. The number of benzene rings is 1. The van der Waals surface area contributed by atoms with E-state index in [1.807, 2.05) is 0 Å². The molecule has 1 aliphatic rings. The second kappa shape index (κ2) is 4.27. The minimum Gasteiger partial charge on any atom is -0.316 e. The van der Waals surface area contributed by atoms with E-state index in [-0.39, 0.29) is 17.6 Å². The van der Waals surface area contributed by atoms with Crippen molar-refractivity contribution in [3.8, 4) is 0 Å². The van der Waals surface area contributed by atoms with Crippen LogP contribution in [0.5, 0.6) is 0 Å². The summed E-state index contributed by atoms with van der Waals surface area (Å²) in [5.41, 5.74) is 0.894. The predicted molar refractivity (Wildman–Crippen MR) is 55.9 cm³/mol. The van der Waals surface area contributed by atoms with Crippen LogP contribution in [0.25, 0.3) is 0 Å². The molecule has 0 saturated carbocycles. The first-order valence-corrected chi connectivity index (χ1v) is 5.34. The van der Waals surface area contributed by atoms with Crippen molar-refractivity contribution in [1.29, 1.82) is 0 Å². The molecule has 0 aromatic heterocycles. The van der Waals surface area contributed by atoms with Gasteiger partial charge in [0.25, 0.3) is 0 Å². The highest BCUT2D eigenvalue weighted by atomic mass is 19.1. The van der Waals surface area contributed by atoms with Gasteiger partial charge in [-0.3, -0.25) is 0 Å². The van der Waals surface area contributed by atoms with Crippen LogP contribution in [0.3, 0.4) is 0 Å². The van der Waals surface area contributed by atoms with Gasteiger partial charge in [-0.15, -0.1) is 0 Å². The Bertz CT molecular complexity index is 357. The zero-order valence-corrected chi connectivity index (χ0v) is 8.82. The molecule has 1 nitrogen and oxygen atoms in total. The van der Waals surface area contributed by atoms with Gasteiger partial charge in [-0.1, -0.05) is 0 Å². The maximum atomic E-state index is 13.6. The predicted octanol–water partition coefficient (Wildman–Crippen LogP) is 2.74. The quantitative estimate of drug-likeness (QED) is 0.753. The third-order valence-corrected chi connectivity index (χ3v) is 3.01. The lowest BCUT2D eigenvalue weighted by Gasteiger charge is -2.23. The molecule has 15 heavy (non-hydrogen) atoms. The molecule has 1 aliphatic heterocycles. The van der Waals surface area contributed by atoms with Gasteiger partial charge in [-0.25, -0.2) is 8.78 Å². The van der Waals surface area contributed by atoms with Crippen molar-refractivity contribution in [2.75, 3.05) is 13.1 Å². The van der Waals surface area contributed by atoms with E-state index in [2.05, 4.69) is 5.32 Å². The average Bonchev–Trinajstić information content (AvgIpc) is 2.25. The average molecular weight is 211 g/mol. The van der Waals surface area contributed by atoms with E-state index >= 15 is 0 Å². The first-order valence-electron chi connectivity index (χ1n) is 5.34. The van der Waals surface area contributed by atoms with Gasteiger partial charge < -0.3 is 5.32 Å². The maximum Gasteiger partial charge on any atom is 0.127 e. The Morgan fingerprint density at radius 1 is 1.27 bits per heavy atom. The van der Waals surface area contributed by atoms with Gasteiger partial charge in [-0.2, -0.15) is 0 Å². The van der Waals surface area contributed by atoms with Crippen molar-refractivity contribution in [2.24, 2.45) is 0 Å². The molecule has 1 aromatic rings. The summed E-state index contributed by atoms with van der Waals surface area (Å²) in [5.74, 6) is -0.464. The number of halogens is 2. The van der Waals surface area contributed by atoms with Crippen LogP contribution in [-0.2, 0) is 0 Å². The Morgan fingerprint density at radius 2 is 2.07 bits per heavy atom. The summed E-state index contributed by atoms with van der Waals surface area (Å²) in [6.45, 7) is 3.31. The Kier molecular flexibility index (Phi) is 3.00. The fourth-order valence-corrected chi connectivity index (χ4v) is 2.09. The number of nitrogens with one attached hydrogen (secondary N) is 1. The summed E-state index contributed by atoms with van der Waals surface area (Å²) in [5, 5.41) is 3.21. The van der Waals surface area contributed by atoms with Crippen molar-refractivity contribution in [3.05, 3.63) is 34.9 Å². The number of hydrogen-bond donors (Lipinski definition) is 1. The molecule has 0 amide bonds. The number of rotatable bonds is 1. The van der Waals surface area contributed by atoms with Crippen LogP contribution in [-0.4, -0.2) is 13.1 Å². The van der Waals surface area contributed by atoms with Gasteiger partial charge in [0.05, 0.1) is 0 Å². The van der Waals surface area contributed by atoms with E-state index in [4.69, 9.17) is 0 Å². The Labute approximate surface area is 88.5 Å². The van der Waals surface area contributed by atoms with Crippen molar-refractivity contribution < 1.29 is 8.78 Å². The lowest BCUT2D eigenvalue weighted by molar-refractivity contribution is 0.443. The summed E-state index contributed by atoms with van der Waals surface area (Å²) in [4.78, 5) is 0. The summed E-state index contributed by atoms with van der Waals surface area (Å²) in [7, 11) is 0. The van der Waals surface area contributed by atoms with Crippen LogP contribution in [0, 0.1) is 18.6 Å². The van der Waals surface area contributed by atoms with Crippen LogP contribution in [0.15, 0.2) is 12.1 Å². The van der Waals surface area contributed by atoms with Gasteiger partial charge >= 0.3 is 0 Å². The Hall–Kier alpha value is -0.960. The molecule has 1 N–H and O–H groups in total. The first-order chi connectivity index (χ1) is 7.18. The van der Waals surface area contributed by atoms with E-state index in [0.717, 1.165) is 25.9 Å². The van der Waals surface area contributed by atoms with Crippen LogP contribution in [0.2, 0.25) is 0 Å². The van der Waals surface area contributed by atoms with Gasteiger partial charge in [0.1, 0.15) is 11.6 Å². The fraction of sp³-hybridized carbons (Fsp3) is 0.500. The molecule has 0 spiro atoms. The van der Waals surface area contributed by atoms with E-state index in [1.54, 1.807) is 6.92 Å². The molecule has 2 rings (SSSR count). The standard InChI is InChI=1S/C12H15F2N/c1-8-5-12(14)10(6-11(8)13)9-3-2-4-15-7-9/h5-6,9,15H,2-4,7H2,1H3. The van der Waals surface area contributed by atoms with Gasteiger partial charge in [0, 0.05) is 6.54 Å². The topological polar surface area (TPSA) is 12.0 Å². The van der Waals surface area contributed by atoms with Crippen molar-refractivity contribution in [2.45, 2.75) is 25.7 Å². The van der Waals surface area contributed by atoms with Gasteiger partial charge in [0.15, 0.2) is 0 Å². The SMILES string of the molecule is Cc1cc(F)c(C2CCCNC2)cc1F. The zero-order chi connectivity index (χ0) is 10.8. The highest BCUT2D eigenvalue weighted by Gasteiger charge is 2.19. The van der Waals surface area contributed by atoms with Crippen LogP contribution in [0.4, 0.5) is 8.78 Å². The molecule has 82 valence electrons. The molecule has 1 atom stereocenters. The molecule has 1 heterocycles. The molecule has 1 fully saturated rings. The number of aryl methyl sites for hydroxylation is 1. The molecule has 1 aromatic carbocycles. The largest absolute Gasteiger partial charge is 0.316 e. The van der Waals surface area contributed by atoms with Crippen molar-refractivity contribution in [1.82, 2.24) is 5.32 Å². The lowest BCUT2D eigenvalue weighted by Crippen LogP contribution is -2.28. The highest BCUT2D eigenvalue weighted by molar-refractivity contribution is 5.28. The maximum absolute atomic E-state index is 13.6. The molecule has 0 aliphatic carbocycles.